The maximum absolute atomic E-state index is 13.4. The highest BCUT2D eigenvalue weighted by Gasteiger charge is 2.18. The van der Waals surface area contributed by atoms with E-state index in [9.17, 15) is 9.18 Å². The first kappa shape index (κ1) is 23.4. The molecule has 0 aliphatic carbocycles. The maximum atomic E-state index is 13.4. The minimum absolute atomic E-state index is 0.0693. The van der Waals surface area contributed by atoms with Crippen LogP contribution in [0.1, 0.15) is 18.1 Å². The zero-order valence-electron chi connectivity index (χ0n) is 18.8. The Morgan fingerprint density at radius 2 is 1.74 bits per heavy atom. The molecule has 1 heterocycles. The van der Waals surface area contributed by atoms with Crippen LogP contribution in [-0.2, 0) is 4.79 Å². The van der Waals surface area contributed by atoms with E-state index < -0.39 is 5.97 Å². The lowest BCUT2D eigenvalue weighted by atomic mass is 10.1. The van der Waals surface area contributed by atoms with Crippen molar-refractivity contribution in [2.75, 3.05) is 33.4 Å². The third kappa shape index (κ3) is 6.17. The minimum atomic E-state index is -0.894. The molecule has 178 valence electrons. The van der Waals surface area contributed by atoms with E-state index in [2.05, 4.69) is 0 Å². The van der Waals surface area contributed by atoms with Crippen LogP contribution in [0.4, 0.5) is 4.39 Å². The number of aliphatic carboxylic acids is 1. The van der Waals surface area contributed by atoms with Crippen LogP contribution in [0.5, 0.6) is 28.7 Å². The summed E-state index contributed by atoms with van der Waals surface area (Å²) in [7, 11) is 1.74. The van der Waals surface area contributed by atoms with Gasteiger partial charge in [0.2, 0.25) is 5.75 Å². The molecule has 0 saturated heterocycles. The average Bonchev–Trinajstić information content (AvgIpc) is 2.83. The Kier molecular flexibility index (Phi) is 7.49. The van der Waals surface area contributed by atoms with Gasteiger partial charge in [-0.25, -0.2) is 4.39 Å². The molecular formula is C26H26FNO6. The Bertz CT molecular complexity index is 1100. The highest BCUT2D eigenvalue weighted by Crippen LogP contribution is 2.41. The lowest BCUT2D eigenvalue weighted by Gasteiger charge is -2.23. The van der Waals surface area contributed by atoms with Gasteiger partial charge in [-0.05, 0) is 61.1 Å². The summed E-state index contributed by atoms with van der Waals surface area (Å²) in [6.07, 6.45) is 0.150. The molecule has 1 unspecified atom stereocenters. The number of fused-ring (bicyclic) bond motifs is 1. The highest BCUT2D eigenvalue weighted by atomic mass is 19.1. The molecule has 3 aromatic rings. The number of rotatable bonds is 10. The third-order valence-corrected chi connectivity index (χ3v) is 5.28. The number of nitrogens with zero attached hydrogens (tertiary/aromatic N) is 1. The summed E-state index contributed by atoms with van der Waals surface area (Å²) >= 11 is 0. The predicted molar refractivity (Wildman–Crippen MR) is 123 cm³/mol. The second-order valence-electron chi connectivity index (χ2n) is 7.93. The topological polar surface area (TPSA) is 77.5 Å². The number of ether oxygens (including phenoxy) is 4. The van der Waals surface area contributed by atoms with Crippen molar-refractivity contribution in [3.8, 4) is 28.7 Å². The van der Waals surface area contributed by atoms with Crippen LogP contribution in [0.2, 0.25) is 0 Å². The van der Waals surface area contributed by atoms with Crippen molar-refractivity contribution < 1.29 is 33.2 Å². The average molecular weight is 467 g/mol. The monoisotopic (exact) mass is 467 g/mol. The van der Waals surface area contributed by atoms with Crippen LogP contribution in [0.3, 0.4) is 0 Å². The zero-order chi connectivity index (χ0) is 23.9. The minimum Gasteiger partial charge on any atom is -0.486 e. The van der Waals surface area contributed by atoms with E-state index in [1.54, 1.807) is 48.3 Å². The Hall–Kier alpha value is -3.78. The first-order chi connectivity index (χ1) is 16.5. The molecule has 1 aliphatic rings. The van der Waals surface area contributed by atoms with Crippen LogP contribution in [0.25, 0.3) is 0 Å². The van der Waals surface area contributed by atoms with E-state index in [1.807, 2.05) is 18.2 Å². The predicted octanol–water partition coefficient (Wildman–Crippen LogP) is 4.92. The van der Waals surface area contributed by atoms with Crippen molar-refractivity contribution in [3.63, 3.8) is 0 Å². The number of hydrogen-bond donors (Lipinski definition) is 1. The molecule has 34 heavy (non-hydrogen) atoms. The van der Waals surface area contributed by atoms with Crippen molar-refractivity contribution in [1.82, 2.24) is 4.90 Å². The van der Waals surface area contributed by atoms with E-state index in [4.69, 9.17) is 24.1 Å². The molecule has 0 amide bonds. The Morgan fingerprint density at radius 3 is 2.47 bits per heavy atom. The van der Waals surface area contributed by atoms with Gasteiger partial charge in [0, 0.05) is 13.0 Å². The molecule has 0 fully saturated rings. The number of likely N-dealkylation sites (N-methyl/N-ethyl adjacent to an activating group) is 1. The summed E-state index contributed by atoms with van der Waals surface area (Å²) in [5.41, 5.74) is 0.804. The number of carbonyl (C=O) groups is 1. The van der Waals surface area contributed by atoms with E-state index >= 15 is 0 Å². The van der Waals surface area contributed by atoms with Gasteiger partial charge < -0.3 is 24.1 Å². The summed E-state index contributed by atoms with van der Waals surface area (Å²) in [5, 5.41) is 8.99. The van der Waals surface area contributed by atoms with Crippen LogP contribution >= 0.6 is 0 Å². The number of hydrogen-bond acceptors (Lipinski definition) is 6. The molecule has 0 aromatic heterocycles. The standard InChI is InChI=1S/C26H26FNO6/c1-28(17-25(29)30)14-13-22(18-5-7-19(27)8-6-18)33-20-9-11-21(12-10-20)34-24-4-2-3-23-26(24)32-16-15-31-23/h2-12,22H,13-17H2,1H3,(H,29,30). The largest absolute Gasteiger partial charge is 0.486 e. The Balaban J connectivity index is 1.45. The van der Waals surface area contributed by atoms with Crippen molar-refractivity contribution in [2.24, 2.45) is 0 Å². The molecule has 7 nitrogen and oxygen atoms in total. The molecule has 8 heteroatoms. The van der Waals surface area contributed by atoms with Crippen LogP contribution in [-0.4, -0.2) is 49.3 Å². The second-order valence-corrected chi connectivity index (χ2v) is 7.93. The maximum Gasteiger partial charge on any atom is 0.317 e. The van der Waals surface area contributed by atoms with E-state index in [0.717, 1.165) is 5.56 Å². The van der Waals surface area contributed by atoms with Gasteiger partial charge in [0.1, 0.15) is 36.6 Å². The molecule has 3 aromatic carbocycles. The second kappa shape index (κ2) is 10.9. The summed E-state index contributed by atoms with van der Waals surface area (Å²) in [5.74, 6) is 1.79. The summed E-state index contributed by atoms with van der Waals surface area (Å²) in [6.45, 7) is 1.40. The van der Waals surface area contributed by atoms with Crippen molar-refractivity contribution in [1.29, 1.82) is 0 Å². The molecule has 0 bridgehead atoms. The molecule has 0 saturated carbocycles. The van der Waals surface area contributed by atoms with Crippen LogP contribution < -0.4 is 18.9 Å². The van der Waals surface area contributed by atoms with Crippen molar-refractivity contribution in [3.05, 3.63) is 78.1 Å². The first-order valence-corrected chi connectivity index (χ1v) is 11.0. The van der Waals surface area contributed by atoms with Gasteiger partial charge in [-0.2, -0.15) is 0 Å². The third-order valence-electron chi connectivity index (χ3n) is 5.28. The van der Waals surface area contributed by atoms with E-state index in [1.165, 1.54) is 12.1 Å². The Labute approximate surface area is 197 Å². The lowest BCUT2D eigenvalue weighted by molar-refractivity contribution is -0.138. The number of halogens is 1. The SMILES string of the molecule is CN(CCC(Oc1ccc(Oc2cccc3c2OCCO3)cc1)c1ccc(F)cc1)CC(=O)O. The summed E-state index contributed by atoms with van der Waals surface area (Å²) in [6, 6.07) is 18.8. The number of benzene rings is 3. The quantitative estimate of drug-likeness (QED) is 0.454. The summed E-state index contributed by atoms with van der Waals surface area (Å²) in [4.78, 5) is 12.7. The molecule has 1 atom stereocenters. The normalized spacial score (nSPS) is 13.4. The Morgan fingerprint density at radius 1 is 1.03 bits per heavy atom. The molecule has 1 N–H and O–H groups in total. The van der Waals surface area contributed by atoms with E-state index in [-0.39, 0.29) is 18.5 Å². The molecule has 0 spiro atoms. The van der Waals surface area contributed by atoms with Gasteiger partial charge in [-0.15, -0.1) is 0 Å². The number of carboxylic acids is 1. The van der Waals surface area contributed by atoms with Crippen molar-refractivity contribution >= 4 is 5.97 Å². The van der Waals surface area contributed by atoms with Gasteiger partial charge in [-0.3, -0.25) is 9.69 Å². The van der Waals surface area contributed by atoms with Gasteiger partial charge in [0.15, 0.2) is 11.5 Å². The molecular weight excluding hydrogens is 441 g/mol. The zero-order valence-corrected chi connectivity index (χ0v) is 18.8. The fourth-order valence-corrected chi connectivity index (χ4v) is 3.62. The fourth-order valence-electron chi connectivity index (χ4n) is 3.62. The molecule has 4 rings (SSSR count). The van der Waals surface area contributed by atoms with E-state index in [0.29, 0.717) is 54.9 Å². The van der Waals surface area contributed by atoms with Gasteiger partial charge in [0.25, 0.3) is 0 Å². The van der Waals surface area contributed by atoms with Gasteiger partial charge in [-0.1, -0.05) is 18.2 Å². The lowest BCUT2D eigenvalue weighted by Crippen LogP contribution is -2.28. The first-order valence-electron chi connectivity index (χ1n) is 11.0. The van der Waals surface area contributed by atoms with Gasteiger partial charge in [0.05, 0.1) is 6.54 Å². The van der Waals surface area contributed by atoms with Gasteiger partial charge >= 0.3 is 5.97 Å². The number of carboxylic acid groups (broad SMARTS) is 1. The highest BCUT2D eigenvalue weighted by molar-refractivity contribution is 5.69. The van der Waals surface area contributed by atoms with Crippen LogP contribution in [0.15, 0.2) is 66.7 Å². The molecule has 0 radical (unpaired) electrons. The van der Waals surface area contributed by atoms with Crippen molar-refractivity contribution in [2.45, 2.75) is 12.5 Å². The van der Waals surface area contributed by atoms with Crippen LogP contribution in [0, 0.1) is 5.82 Å². The number of para-hydroxylation sites is 1. The molecule has 1 aliphatic heterocycles. The fraction of sp³-hybridized carbons (Fsp3) is 0.269. The summed E-state index contributed by atoms with van der Waals surface area (Å²) < 4.78 is 36.9. The smallest absolute Gasteiger partial charge is 0.317 e.